The molecule has 42 heavy (non-hydrogen) atoms. The topological polar surface area (TPSA) is 114 Å². The first-order valence-corrected chi connectivity index (χ1v) is 14.2. The third kappa shape index (κ3) is 6.60. The summed E-state index contributed by atoms with van der Waals surface area (Å²) in [6.07, 6.45) is 5.08. The van der Waals surface area contributed by atoms with Gasteiger partial charge in [0.25, 0.3) is 5.91 Å². The van der Waals surface area contributed by atoms with Gasteiger partial charge in [0.05, 0.1) is 5.56 Å². The number of hydrogen-bond acceptors (Lipinski definition) is 5. The van der Waals surface area contributed by atoms with E-state index < -0.39 is 6.04 Å². The Balaban J connectivity index is 1.32. The molecule has 0 aliphatic carbocycles. The number of piperazine rings is 1. The minimum Gasteiger partial charge on any atom is -0.361 e. The Hall–Kier alpha value is -4.70. The number of nitrogens with zero attached hydrogens (tertiary/aromatic N) is 4. The maximum atomic E-state index is 13.8. The molecular weight excluding hydrogens is 530 g/mol. The van der Waals surface area contributed by atoms with E-state index in [1.54, 1.807) is 34.3 Å². The number of fused-ring (bicyclic) bond motifs is 1. The van der Waals surface area contributed by atoms with Crippen molar-refractivity contribution in [3.63, 3.8) is 0 Å². The van der Waals surface area contributed by atoms with Gasteiger partial charge in [0, 0.05) is 73.8 Å². The zero-order valence-corrected chi connectivity index (χ0v) is 24.2. The van der Waals surface area contributed by atoms with E-state index in [2.05, 4.69) is 25.5 Å². The third-order valence-corrected chi connectivity index (χ3v) is 7.63. The highest BCUT2D eigenvalue weighted by Crippen LogP contribution is 2.28. The minimum atomic E-state index is -0.843. The fourth-order valence-corrected chi connectivity index (χ4v) is 5.41. The van der Waals surface area contributed by atoms with E-state index in [1.165, 1.54) is 0 Å². The summed E-state index contributed by atoms with van der Waals surface area (Å²) < 4.78 is 0. The number of rotatable bonds is 8. The molecule has 5 rings (SSSR count). The standard InChI is InChI=1S/C32H37N7O3/c1-22(27-20-34-28-12-5-4-11-26(27)28)29(30(40)35-25-10-6-8-23(18-25)21-37(2)3)36-32(42)39-16-14-38(15-17-39)31(41)24-9-7-13-33-19-24/h4-13,18-20,22,29,34H,14-17,21H2,1-3H3,(H,35,40)(H,36,42). The van der Waals surface area contributed by atoms with Crippen LogP contribution < -0.4 is 10.6 Å². The van der Waals surface area contributed by atoms with Crippen molar-refractivity contribution in [1.82, 2.24) is 30.0 Å². The number of benzene rings is 2. The zero-order valence-electron chi connectivity index (χ0n) is 24.2. The van der Waals surface area contributed by atoms with Gasteiger partial charge in [0.15, 0.2) is 0 Å². The van der Waals surface area contributed by atoms with Gasteiger partial charge >= 0.3 is 6.03 Å². The molecule has 0 bridgehead atoms. The number of urea groups is 1. The molecule has 1 aliphatic rings. The quantitative estimate of drug-likeness (QED) is 0.299. The molecule has 1 aliphatic heterocycles. The summed E-state index contributed by atoms with van der Waals surface area (Å²) in [6.45, 7) is 4.21. The minimum absolute atomic E-state index is 0.107. The van der Waals surface area contributed by atoms with Gasteiger partial charge in [-0.15, -0.1) is 0 Å². The molecule has 3 heterocycles. The van der Waals surface area contributed by atoms with Crippen LogP contribution in [0.5, 0.6) is 0 Å². The summed E-state index contributed by atoms with van der Waals surface area (Å²) in [6, 6.07) is 17.9. The first kappa shape index (κ1) is 28.8. The van der Waals surface area contributed by atoms with E-state index in [0.29, 0.717) is 37.4 Å². The molecule has 0 spiro atoms. The van der Waals surface area contributed by atoms with Crippen molar-refractivity contribution in [3.8, 4) is 0 Å². The van der Waals surface area contributed by atoms with Crippen molar-refractivity contribution >= 4 is 34.4 Å². The highest BCUT2D eigenvalue weighted by atomic mass is 16.2. The van der Waals surface area contributed by atoms with Crippen molar-refractivity contribution in [1.29, 1.82) is 0 Å². The van der Waals surface area contributed by atoms with Crippen LogP contribution in [0.2, 0.25) is 0 Å². The lowest BCUT2D eigenvalue weighted by molar-refractivity contribution is -0.118. The van der Waals surface area contributed by atoms with Crippen LogP contribution in [0.4, 0.5) is 10.5 Å². The van der Waals surface area contributed by atoms with Crippen molar-refractivity contribution in [2.24, 2.45) is 0 Å². The van der Waals surface area contributed by atoms with Crippen molar-refractivity contribution in [3.05, 3.63) is 95.9 Å². The number of para-hydroxylation sites is 1. The molecule has 2 unspecified atom stereocenters. The summed E-state index contributed by atoms with van der Waals surface area (Å²) in [4.78, 5) is 52.9. The molecule has 4 aromatic rings. The molecule has 2 aromatic carbocycles. The molecule has 3 N–H and O–H groups in total. The Morgan fingerprint density at radius 1 is 0.976 bits per heavy atom. The molecule has 10 nitrogen and oxygen atoms in total. The number of aromatic nitrogens is 2. The van der Waals surface area contributed by atoms with E-state index in [0.717, 1.165) is 28.6 Å². The monoisotopic (exact) mass is 567 g/mol. The lowest BCUT2D eigenvalue weighted by Gasteiger charge is -2.36. The Kier molecular flexibility index (Phi) is 8.83. The van der Waals surface area contributed by atoms with Crippen LogP contribution in [0.1, 0.15) is 34.3 Å². The largest absolute Gasteiger partial charge is 0.361 e. The van der Waals surface area contributed by atoms with E-state index in [-0.39, 0.29) is 23.8 Å². The number of carbonyl (C=O) groups is 3. The highest BCUT2D eigenvalue weighted by Gasteiger charge is 2.33. The van der Waals surface area contributed by atoms with Gasteiger partial charge in [-0.1, -0.05) is 37.3 Å². The molecule has 1 saturated heterocycles. The van der Waals surface area contributed by atoms with Gasteiger partial charge in [-0.25, -0.2) is 4.79 Å². The van der Waals surface area contributed by atoms with Crippen LogP contribution >= 0.6 is 0 Å². The summed E-state index contributed by atoms with van der Waals surface area (Å²) >= 11 is 0. The molecule has 2 atom stereocenters. The number of amides is 4. The average Bonchev–Trinajstić information content (AvgIpc) is 3.44. The molecule has 0 saturated carbocycles. The molecule has 218 valence electrons. The Bertz CT molecular complexity index is 1540. The van der Waals surface area contributed by atoms with Crippen LogP contribution in [0.25, 0.3) is 10.9 Å². The maximum absolute atomic E-state index is 13.8. The van der Waals surface area contributed by atoms with Crippen LogP contribution in [0.3, 0.4) is 0 Å². The Morgan fingerprint density at radius 2 is 1.74 bits per heavy atom. The zero-order chi connectivity index (χ0) is 29.6. The summed E-state index contributed by atoms with van der Waals surface area (Å²) in [5.74, 6) is -0.734. The number of nitrogens with one attached hydrogen (secondary N) is 3. The third-order valence-electron chi connectivity index (χ3n) is 7.63. The molecular formula is C32H37N7O3. The number of hydrogen-bond donors (Lipinski definition) is 3. The maximum Gasteiger partial charge on any atom is 0.318 e. The van der Waals surface area contributed by atoms with Crippen LogP contribution in [0.15, 0.2) is 79.3 Å². The summed E-state index contributed by atoms with van der Waals surface area (Å²) in [5, 5.41) is 7.06. The SMILES string of the molecule is CC(c1c[nH]c2ccccc12)C(NC(=O)N1CCN(C(=O)c2cccnc2)CC1)C(=O)Nc1cccc(CN(C)C)c1. The normalized spacial score (nSPS) is 15.0. The van der Waals surface area contributed by atoms with Crippen molar-refractivity contribution in [2.75, 3.05) is 45.6 Å². The molecule has 10 heteroatoms. The van der Waals surface area contributed by atoms with Gasteiger partial charge in [-0.3, -0.25) is 14.6 Å². The van der Waals surface area contributed by atoms with Gasteiger partial charge in [0.1, 0.15) is 6.04 Å². The predicted octanol–water partition coefficient (Wildman–Crippen LogP) is 3.90. The molecule has 0 radical (unpaired) electrons. The number of anilines is 1. The van der Waals surface area contributed by atoms with Gasteiger partial charge in [-0.05, 0) is 55.6 Å². The van der Waals surface area contributed by atoms with Gasteiger partial charge in [-0.2, -0.15) is 0 Å². The number of aromatic amines is 1. The Morgan fingerprint density at radius 3 is 2.48 bits per heavy atom. The van der Waals surface area contributed by atoms with Gasteiger partial charge in [0.2, 0.25) is 5.91 Å². The number of pyridine rings is 1. The van der Waals surface area contributed by atoms with E-state index in [1.807, 2.05) is 75.7 Å². The van der Waals surface area contributed by atoms with Crippen LogP contribution in [-0.4, -0.2) is 88.8 Å². The fourth-order valence-electron chi connectivity index (χ4n) is 5.41. The predicted molar refractivity (Wildman–Crippen MR) is 163 cm³/mol. The summed E-state index contributed by atoms with van der Waals surface area (Å²) in [5.41, 5.74) is 4.18. The van der Waals surface area contributed by atoms with Crippen LogP contribution in [-0.2, 0) is 11.3 Å². The lowest BCUT2D eigenvalue weighted by atomic mass is 9.92. The van der Waals surface area contributed by atoms with Gasteiger partial charge < -0.3 is 30.3 Å². The van der Waals surface area contributed by atoms with E-state index >= 15 is 0 Å². The second-order valence-electron chi connectivity index (χ2n) is 11.0. The molecule has 1 fully saturated rings. The highest BCUT2D eigenvalue weighted by molar-refractivity contribution is 5.98. The summed E-state index contributed by atoms with van der Waals surface area (Å²) in [7, 11) is 3.99. The first-order valence-electron chi connectivity index (χ1n) is 14.2. The van der Waals surface area contributed by atoms with E-state index in [9.17, 15) is 14.4 Å². The number of carbonyl (C=O) groups excluding carboxylic acids is 3. The average molecular weight is 568 g/mol. The second-order valence-corrected chi connectivity index (χ2v) is 11.0. The van der Waals surface area contributed by atoms with Crippen molar-refractivity contribution in [2.45, 2.75) is 25.4 Å². The fraction of sp³-hybridized carbons (Fsp3) is 0.312. The van der Waals surface area contributed by atoms with Crippen molar-refractivity contribution < 1.29 is 14.4 Å². The first-order chi connectivity index (χ1) is 20.3. The molecule has 2 aromatic heterocycles. The number of H-pyrrole nitrogens is 1. The van der Waals surface area contributed by atoms with E-state index in [4.69, 9.17) is 0 Å². The second kappa shape index (κ2) is 12.9. The van der Waals surface area contributed by atoms with Crippen LogP contribution in [0, 0.1) is 0 Å². The Labute approximate surface area is 245 Å². The molecule has 4 amide bonds. The lowest BCUT2D eigenvalue weighted by Crippen LogP contribution is -2.57. The smallest absolute Gasteiger partial charge is 0.318 e.